The maximum Gasteiger partial charge on any atom is 0.309 e. The first-order valence-corrected chi connectivity index (χ1v) is 13.0. The predicted molar refractivity (Wildman–Crippen MR) is 133 cm³/mol. The van der Waals surface area contributed by atoms with E-state index in [1.54, 1.807) is 6.92 Å². The summed E-state index contributed by atoms with van der Waals surface area (Å²) >= 11 is 0. The average molecular weight is 561 g/mol. The van der Waals surface area contributed by atoms with E-state index < -0.39 is 65.2 Å². The van der Waals surface area contributed by atoms with Crippen LogP contribution in [0.15, 0.2) is 12.1 Å². The average Bonchev–Trinajstić information content (AvgIpc) is 3.34. The van der Waals surface area contributed by atoms with Crippen LogP contribution in [0.2, 0.25) is 0 Å². The number of hydrogen-bond acceptors (Lipinski definition) is 5. The number of methoxy groups -OCH3 is 1. The molecule has 39 heavy (non-hydrogen) atoms. The SMILES string of the molecule is COc1cc(F)c(OC2CCC(C)(C(=O)O)CC2)cc1C(=O)NC1CCCC1C(=O)NC(F)C(C)(C)C(F)F. The van der Waals surface area contributed by atoms with E-state index >= 15 is 0 Å². The molecule has 12 heteroatoms. The third-order valence-electron chi connectivity index (χ3n) is 8.00. The van der Waals surface area contributed by atoms with Crippen molar-refractivity contribution in [3.8, 4) is 11.5 Å². The molecule has 2 saturated carbocycles. The van der Waals surface area contributed by atoms with Gasteiger partial charge in [-0.1, -0.05) is 6.42 Å². The second-order valence-electron chi connectivity index (χ2n) is 11.3. The zero-order chi connectivity index (χ0) is 29.1. The van der Waals surface area contributed by atoms with E-state index in [9.17, 15) is 37.1 Å². The minimum absolute atomic E-state index is 0.0478. The van der Waals surface area contributed by atoms with E-state index in [4.69, 9.17) is 9.47 Å². The molecular weight excluding hydrogens is 524 g/mol. The number of hydrogen-bond donors (Lipinski definition) is 3. The third kappa shape index (κ3) is 6.75. The summed E-state index contributed by atoms with van der Waals surface area (Å²) in [7, 11) is 1.26. The Hall–Kier alpha value is -3.05. The molecule has 0 saturated heterocycles. The van der Waals surface area contributed by atoms with Gasteiger partial charge in [0, 0.05) is 12.1 Å². The molecule has 1 aromatic carbocycles. The maximum atomic E-state index is 14.8. The summed E-state index contributed by atoms with van der Waals surface area (Å²) < 4.78 is 66.5. The fourth-order valence-electron chi connectivity index (χ4n) is 4.93. The molecule has 218 valence electrons. The molecule has 0 aromatic heterocycles. The Morgan fingerprint density at radius 2 is 1.72 bits per heavy atom. The Morgan fingerprint density at radius 1 is 1.08 bits per heavy atom. The summed E-state index contributed by atoms with van der Waals surface area (Å²) in [5, 5.41) is 14.1. The van der Waals surface area contributed by atoms with Crippen molar-refractivity contribution >= 4 is 17.8 Å². The van der Waals surface area contributed by atoms with Crippen LogP contribution in [0, 0.1) is 22.6 Å². The minimum atomic E-state index is -3.00. The van der Waals surface area contributed by atoms with Crippen LogP contribution in [0.1, 0.15) is 76.1 Å². The summed E-state index contributed by atoms with van der Waals surface area (Å²) in [5.41, 5.74) is -3.01. The number of alkyl halides is 3. The first-order valence-electron chi connectivity index (χ1n) is 13.0. The molecule has 3 rings (SSSR count). The largest absolute Gasteiger partial charge is 0.496 e. The molecule has 0 aliphatic heterocycles. The van der Waals surface area contributed by atoms with Gasteiger partial charge in [-0.3, -0.25) is 14.4 Å². The molecule has 2 amide bonds. The van der Waals surface area contributed by atoms with Crippen molar-refractivity contribution in [1.82, 2.24) is 10.6 Å². The lowest BCUT2D eigenvalue weighted by molar-refractivity contribution is -0.150. The molecule has 3 atom stereocenters. The number of carbonyl (C=O) groups excluding carboxylic acids is 2. The van der Waals surface area contributed by atoms with Crippen LogP contribution < -0.4 is 20.1 Å². The van der Waals surface area contributed by atoms with Gasteiger partial charge < -0.3 is 25.2 Å². The zero-order valence-corrected chi connectivity index (χ0v) is 22.5. The predicted octanol–water partition coefficient (Wildman–Crippen LogP) is 4.85. The van der Waals surface area contributed by atoms with E-state index in [1.807, 2.05) is 5.32 Å². The lowest BCUT2D eigenvalue weighted by atomic mass is 9.75. The van der Waals surface area contributed by atoms with Crippen molar-refractivity contribution in [1.29, 1.82) is 0 Å². The number of carboxylic acids is 1. The van der Waals surface area contributed by atoms with Gasteiger partial charge >= 0.3 is 5.97 Å². The van der Waals surface area contributed by atoms with Crippen molar-refractivity contribution in [2.75, 3.05) is 7.11 Å². The monoisotopic (exact) mass is 560 g/mol. The van der Waals surface area contributed by atoms with Gasteiger partial charge in [0.2, 0.25) is 12.3 Å². The molecular formula is C27H36F4N2O6. The molecule has 3 N–H and O–H groups in total. The van der Waals surface area contributed by atoms with Crippen LogP contribution >= 0.6 is 0 Å². The highest BCUT2D eigenvalue weighted by molar-refractivity contribution is 5.98. The van der Waals surface area contributed by atoms with Gasteiger partial charge in [-0.25, -0.2) is 17.6 Å². The Bertz CT molecular complexity index is 1070. The van der Waals surface area contributed by atoms with E-state index in [0.29, 0.717) is 44.9 Å². The highest BCUT2D eigenvalue weighted by Crippen LogP contribution is 2.39. The van der Waals surface area contributed by atoms with Crippen LogP contribution in [0.4, 0.5) is 17.6 Å². The number of halogens is 4. The number of benzene rings is 1. The van der Waals surface area contributed by atoms with Crippen LogP contribution in [0.25, 0.3) is 0 Å². The molecule has 2 aliphatic carbocycles. The number of aliphatic carboxylic acids is 1. The molecule has 0 radical (unpaired) electrons. The summed E-state index contributed by atoms with van der Waals surface area (Å²) in [4.78, 5) is 37.4. The second kappa shape index (κ2) is 12.0. The van der Waals surface area contributed by atoms with E-state index in [1.165, 1.54) is 13.2 Å². The van der Waals surface area contributed by atoms with Crippen LogP contribution in [-0.2, 0) is 9.59 Å². The van der Waals surface area contributed by atoms with Gasteiger partial charge in [-0.2, -0.15) is 0 Å². The summed E-state index contributed by atoms with van der Waals surface area (Å²) in [5.74, 6) is -4.21. The number of ether oxygens (including phenoxy) is 2. The molecule has 0 heterocycles. The Labute approximate surface area is 224 Å². The Balaban J connectivity index is 1.71. The van der Waals surface area contributed by atoms with Crippen LogP contribution in [0.5, 0.6) is 11.5 Å². The van der Waals surface area contributed by atoms with Crippen LogP contribution in [-0.4, -0.2) is 54.9 Å². The second-order valence-corrected chi connectivity index (χ2v) is 11.3. The maximum absolute atomic E-state index is 14.8. The summed E-state index contributed by atoms with van der Waals surface area (Å²) in [6.45, 7) is 3.68. The van der Waals surface area contributed by atoms with Crippen molar-refractivity contribution in [2.24, 2.45) is 16.7 Å². The van der Waals surface area contributed by atoms with Gasteiger partial charge in [0.05, 0.1) is 35.5 Å². The van der Waals surface area contributed by atoms with Gasteiger partial charge in [0.15, 0.2) is 17.9 Å². The topological polar surface area (TPSA) is 114 Å². The van der Waals surface area contributed by atoms with E-state index in [0.717, 1.165) is 19.9 Å². The van der Waals surface area contributed by atoms with Gasteiger partial charge in [-0.15, -0.1) is 0 Å². The molecule has 2 fully saturated rings. The van der Waals surface area contributed by atoms with Crippen LogP contribution in [0.3, 0.4) is 0 Å². The first-order chi connectivity index (χ1) is 18.2. The summed E-state index contributed by atoms with van der Waals surface area (Å²) in [6, 6.07) is 1.50. The number of nitrogens with one attached hydrogen (secondary N) is 2. The standard InChI is InChI=1S/C27H36F4N2O6/c1-26(2,23(29)30)24(31)33-21(34)15-6-5-7-18(15)32-22(35)16-12-20(17(28)13-19(16)38-4)39-14-8-10-27(3,11-9-14)25(36)37/h12-15,18,23-24H,5-11H2,1-4H3,(H,32,35)(H,33,34)(H,36,37). The fraction of sp³-hybridized carbons (Fsp3) is 0.667. The fourth-order valence-corrected chi connectivity index (χ4v) is 4.93. The van der Waals surface area contributed by atoms with Crippen molar-refractivity contribution in [3.05, 3.63) is 23.5 Å². The van der Waals surface area contributed by atoms with Crippen molar-refractivity contribution in [3.63, 3.8) is 0 Å². The molecule has 3 unspecified atom stereocenters. The molecule has 1 aromatic rings. The summed E-state index contributed by atoms with van der Waals surface area (Å²) in [6.07, 6.45) is -2.94. The first kappa shape index (κ1) is 30.5. The molecule has 8 nitrogen and oxygen atoms in total. The highest BCUT2D eigenvalue weighted by atomic mass is 19.3. The number of rotatable bonds is 10. The normalized spacial score (nSPS) is 26.1. The highest BCUT2D eigenvalue weighted by Gasteiger charge is 2.43. The number of amides is 2. The van der Waals surface area contributed by atoms with E-state index in [2.05, 4.69) is 5.32 Å². The number of carbonyl (C=O) groups is 3. The van der Waals surface area contributed by atoms with Crippen molar-refractivity contribution < 1.29 is 46.5 Å². The molecule has 0 spiro atoms. The van der Waals surface area contributed by atoms with Crippen molar-refractivity contribution in [2.45, 2.75) is 90.6 Å². The Morgan fingerprint density at radius 3 is 2.28 bits per heavy atom. The Kier molecular flexibility index (Phi) is 9.38. The van der Waals surface area contributed by atoms with Gasteiger partial charge in [-0.05, 0) is 65.4 Å². The smallest absolute Gasteiger partial charge is 0.309 e. The lowest BCUT2D eigenvalue weighted by Gasteiger charge is -2.34. The van der Waals surface area contributed by atoms with Gasteiger partial charge in [0.1, 0.15) is 5.75 Å². The molecule has 0 bridgehead atoms. The van der Waals surface area contributed by atoms with Gasteiger partial charge in [0.25, 0.3) is 5.91 Å². The molecule has 2 aliphatic rings. The quantitative estimate of drug-likeness (QED) is 0.279. The number of carboxylic acid groups (broad SMARTS) is 1. The zero-order valence-electron chi connectivity index (χ0n) is 22.5. The van der Waals surface area contributed by atoms with E-state index in [-0.39, 0.29) is 17.1 Å². The lowest BCUT2D eigenvalue weighted by Crippen LogP contribution is -2.50. The third-order valence-corrected chi connectivity index (χ3v) is 8.00. The minimum Gasteiger partial charge on any atom is -0.496 e.